The molecule has 3 heteroatoms. The lowest BCUT2D eigenvalue weighted by atomic mass is 10.0. The molecule has 0 aromatic heterocycles. The quantitative estimate of drug-likeness (QED) is 0.822. The smallest absolute Gasteiger partial charge is 0.0437 e. The molecule has 0 aliphatic rings. The maximum atomic E-state index is 12.0. The molecule has 0 amide bonds. The standard InChI is InChI=1S/C15H25NOS/c1-5-6-9-18(17)11-15(16-4)14-10-12(2)7-8-13(14)3/h7-8,10,15-16H,5-6,9,11H2,1-4H3. The van der Waals surface area contributed by atoms with Gasteiger partial charge in [-0.15, -0.1) is 0 Å². The van der Waals surface area contributed by atoms with E-state index in [9.17, 15) is 4.21 Å². The first kappa shape index (κ1) is 15.4. The molecule has 0 aliphatic heterocycles. The first-order valence-electron chi connectivity index (χ1n) is 6.67. The number of unbranched alkanes of at least 4 members (excludes halogenated alkanes) is 1. The summed E-state index contributed by atoms with van der Waals surface area (Å²) in [5.41, 5.74) is 3.81. The van der Waals surface area contributed by atoms with Gasteiger partial charge in [-0.2, -0.15) is 0 Å². The molecule has 2 unspecified atom stereocenters. The lowest BCUT2D eigenvalue weighted by Crippen LogP contribution is -2.24. The van der Waals surface area contributed by atoms with E-state index in [1.165, 1.54) is 16.7 Å². The van der Waals surface area contributed by atoms with Crippen LogP contribution in [0, 0.1) is 13.8 Å². The molecule has 0 saturated heterocycles. The van der Waals surface area contributed by atoms with Crippen molar-refractivity contribution in [3.8, 4) is 0 Å². The SMILES string of the molecule is CCCCS(=O)CC(NC)c1cc(C)ccc1C. The van der Waals surface area contributed by atoms with Gasteiger partial charge in [-0.3, -0.25) is 4.21 Å². The molecule has 1 N–H and O–H groups in total. The van der Waals surface area contributed by atoms with Crippen molar-refractivity contribution in [2.75, 3.05) is 18.6 Å². The fourth-order valence-corrected chi connectivity index (χ4v) is 3.53. The Morgan fingerprint density at radius 1 is 1.33 bits per heavy atom. The highest BCUT2D eigenvalue weighted by Crippen LogP contribution is 2.20. The van der Waals surface area contributed by atoms with Crippen molar-refractivity contribution in [1.29, 1.82) is 0 Å². The van der Waals surface area contributed by atoms with Crippen molar-refractivity contribution in [1.82, 2.24) is 5.32 Å². The summed E-state index contributed by atoms with van der Waals surface area (Å²) in [6.45, 7) is 6.36. The maximum Gasteiger partial charge on any atom is 0.0437 e. The highest BCUT2D eigenvalue weighted by Gasteiger charge is 2.15. The van der Waals surface area contributed by atoms with Gasteiger partial charge in [0, 0.05) is 28.3 Å². The van der Waals surface area contributed by atoms with Crippen LogP contribution in [0.5, 0.6) is 0 Å². The van der Waals surface area contributed by atoms with Gasteiger partial charge in [0.1, 0.15) is 0 Å². The van der Waals surface area contributed by atoms with Crippen LogP contribution in [-0.2, 0) is 10.8 Å². The first-order chi connectivity index (χ1) is 8.58. The highest BCUT2D eigenvalue weighted by atomic mass is 32.2. The number of hydrogen-bond acceptors (Lipinski definition) is 2. The van der Waals surface area contributed by atoms with Crippen LogP contribution < -0.4 is 5.32 Å². The van der Waals surface area contributed by atoms with Crippen LogP contribution in [0.25, 0.3) is 0 Å². The zero-order valence-electron chi connectivity index (χ0n) is 12.0. The monoisotopic (exact) mass is 267 g/mol. The van der Waals surface area contributed by atoms with Gasteiger partial charge < -0.3 is 5.32 Å². The second-order valence-corrected chi connectivity index (χ2v) is 6.49. The molecule has 0 spiro atoms. The number of rotatable bonds is 7. The lowest BCUT2D eigenvalue weighted by molar-refractivity contribution is 0.631. The number of nitrogens with one attached hydrogen (secondary N) is 1. The second kappa shape index (κ2) is 7.70. The van der Waals surface area contributed by atoms with E-state index in [-0.39, 0.29) is 6.04 Å². The summed E-state index contributed by atoms with van der Waals surface area (Å²) < 4.78 is 12.0. The fraction of sp³-hybridized carbons (Fsp3) is 0.600. The molecule has 1 rings (SSSR count). The van der Waals surface area contributed by atoms with E-state index in [1.54, 1.807) is 0 Å². The Bertz CT molecular complexity index is 403. The van der Waals surface area contributed by atoms with E-state index in [0.717, 1.165) is 18.6 Å². The topological polar surface area (TPSA) is 29.1 Å². The third-order valence-electron chi connectivity index (χ3n) is 3.24. The highest BCUT2D eigenvalue weighted by molar-refractivity contribution is 7.85. The summed E-state index contributed by atoms with van der Waals surface area (Å²) in [7, 11) is 1.22. The van der Waals surface area contributed by atoms with Crippen molar-refractivity contribution < 1.29 is 4.21 Å². The minimum atomic E-state index is -0.728. The van der Waals surface area contributed by atoms with Gasteiger partial charge in [0.05, 0.1) is 0 Å². The molecular weight excluding hydrogens is 242 g/mol. The Hall–Kier alpha value is -0.670. The average Bonchev–Trinajstić information content (AvgIpc) is 2.36. The summed E-state index contributed by atoms with van der Waals surface area (Å²) in [6.07, 6.45) is 2.16. The normalized spacial score (nSPS) is 14.4. The van der Waals surface area contributed by atoms with Gasteiger partial charge in [-0.1, -0.05) is 37.1 Å². The maximum absolute atomic E-state index is 12.0. The molecule has 0 bridgehead atoms. The summed E-state index contributed by atoms with van der Waals surface area (Å²) in [5.74, 6) is 1.53. The summed E-state index contributed by atoms with van der Waals surface area (Å²) in [6, 6.07) is 6.67. The first-order valence-corrected chi connectivity index (χ1v) is 8.16. The largest absolute Gasteiger partial charge is 0.312 e. The van der Waals surface area contributed by atoms with E-state index in [4.69, 9.17) is 0 Å². The van der Waals surface area contributed by atoms with Crippen LogP contribution in [0.15, 0.2) is 18.2 Å². The van der Waals surface area contributed by atoms with Crippen LogP contribution in [-0.4, -0.2) is 22.8 Å². The molecular formula is C15H25NOS. The number of benzene rings is 1. The van der Waals surface area contributed by atoms with E-state index < -0.39 is 10.8 Å². The zero-order valence-corrected chi connectivity index (χ0v) is 12.8. The minimum Gasteiger partial charge on any atom is -0.312 e. The Kier molecular flexibility index (Phi) is 6.58. The van der Waals surface area contributed by atoms with Crippen molar-refractivity contribution in [3.63, 3.8) is 0 Å². The molecule has 2 nitrogen and oxygen atoms in total. The molecule has 18 heavy (non-hydrogen) atoms. The van der Waals surface area contributed by atoms with Crippen LogP contribution in [0.1, 0.15) is 42.5 Å². The van der Waals surface area contributed by atoms with Crippen LogP contribution in [0.3, 0.4) is 0 Å². The lowest BCUT2D eigenvalue weighted by Gasteiger charge is -2.19. The Labute approximate surface area is 114 Å². The predicted molar refractivity (Wildman–Crippen MR) is 80.5 cm³/mol. The molecule has 2 atom stereocenters. The molecule has 1 aromatic rings. The third kappa shape index (κ3) is 4.54. The van der Waals surface area contributed by atoms with Crippen molar-refractivity contribution in [2.45, 2.75) is 39.7 Å². The Morgan fingerprint density at radius 3 is 2.67 bits per heavy atom. The van der Waals surface area contributed by atoms with Crippen molar-refractivity contribution in [3.05, 3.63) is 34.9 Å². The van der Waals surface area contributed by atoms with Gasteiger partial charge >= 0.3 is 0 Å². The molecule has 0 heterocycles. The van der Waals surface area contributed by atoms with E-state index in [1.807, 2.05) is 7.05 Å². The number of aryl methyl sites for hydroxylation is 2. The van der Waals surface area contributed by atoms with Gasteiger partial charge in [0.2, 0.25) is 0 Å². The van der Waals surface area contributed by atoms with Gasteiger partial charge in [-0.25, -0.2) is 0 Å². The van der Waals surface area contributed by atoms with E-state index in [2.05, 4.69) is 44.3 Å². The minimum absolute atomic E-state index is 0.197. The van der Waals surface area contributed by atoms with Gasteiger partial charge in [0.15, 0.2) is 0 Å². The number of hydrogen-bond donors (Lipinski definition) is 1. The average molecular weight is 267 g/mol. The molecule has 0 radical (unpaired) electrons. The van der Waals surface area contributed by atoms with Crippen LogP contribution in [0.2, 0.25) is 0 Å². The second-order valence-electron chi connectivity index (χ2n) is 4.87. The zero-order chi connectivity index (χ0) is 13.5. The molecule has 102 valence electrons. The summed E-state index contributed by atoms with van der Waals surface area (Å²) in [4.78, 5) is 0. The predicted octanol–water partition coefficient (Wildman–Crippen LogP) is 3.11. The summed E-state index contributed by atoms with van der Waals surface area (Å²) >= 11 is 0. The Balaban J connectivity index is 2.76. The molecule has 0 fully saturated rings. The van der Waals surface area contributed by atoms with Crippen molar-refractivity contribution >= 4 is 10.8 Å². The van der Waals surface area contributed by atoms with Crippen LogP contribution >= 0.6 is 0 Å². The summed E-state index contributed by atoms with van der Waals surface area (Å²) in [5, 5.41) is 3.30. The molecule has 0 aliphatic carbocycles. The fourth-order valence-electron chi connectivity index (χ4n) is 2.04. The molecule has 0 saturated carbocycles. The van der Waals surface area contributed by atoms with E-state index >= 15 is 0 Å². The van der Waals surface area contributed by atoms with Crippen LogP contribution in [0.4, 0.5) is 0 Å². The van der Waals surface area contributed by atoms with Crippen molar-refractivity contribution in [2.24, 2.45) is 0 Å². The molecule has 1 aromatic carbocycles. The van der Waals surface area contributed by atoms with E-state index in [0.29, 0.717) is 5.75 Å². The Morgan fingerprint density at radius 2 is 2.06 bits per heavy atom. The van der Waals surface area contributed by atoms with Gasteiger partial charge in [0.25, 0.3) is 0 Å². The third-order valence-corrected chi connectivity index (χ3v) is 4.69. The van der Waals surface area contributed by atoms with Gasteiger partial charge in [-0.05, 0) is 38.4 Å².